The molecule has 2 aromatic rings. The largest absolute Gasteiger partial charge is 0.494 e. The van der Waals surface area contributed by atoms with Gasteiger partial charge in [0.2, 0.25) is 5.91 Å². The third-order valence-corrected chi connectivity index (χ3v) is 3.94. The molecule has 0 saturated heterocycles. The Morgan fingerprint density at radius 2 is 1.95 bits per heavy atom. The Hall–Kier alpha value is -2.29. The van der Waals surface area contributed by atoms with E-state index in [2.05, 4.69) is 5.32 Å². The second-order valence-corrected chi connectivity index (χ2v) is 5.33. The van der Waals surface area contributed by atoms with E-state index in [9.17, 15) is 4.79 Å². The molecule has 1 aliphatic heterocycles. The maximum atomic E-state index is 12.3. The molecule has 3 nitrogen and oxygen atoms in total. The highest BCUT2D eigenvalue weighted by Crippen LogP contribution is 2.38. The number of benzene rings is 2. The summed E-state index contributed by atoms with van der Waals surface area (Å²) in [7, 11) is 0. The summed E-state index contributed by atoms with van der Waals surface area (Å²) in [5.74, 6) is 0.806. The minimum atomic E-state index is -0.137. The van der Waals surface area contributed by atoms with Crippen LogP contribution in [-0.2, 0) is 11.2 Å². The third-order valence-electron chi connectivity index (χ3n) is 3.94. The molecule has 0 unspecified atom stereocenters. The van der Waals surface area contributed by atoms with Crippen LogP contribution in [0.4, 0.5) is 5.69 Å². The van der Waals surface area contributed by atoms with E-state index in [1.54, 1.807) is 0 Å². The number of hydrogen-bond acceptors (Lipinski definition) is 2. The maximum Gasteiger partial charge on any atom is 0.232 e. The normalized spacial score (nSPS) is 16.5. The Morgan fingerprint density at radius 1 is 1.14 bits per heavy atom. The minimum Gasteiger partial charge on any atom is -0.494 e. The lowest BCUT2D eigenvalue weighted by atomic mass is 9.92. The molecule has 0 spiro atoms. The molecule has 1 atom stereocenters. The molecule has 21 heavy (non-hydrogen) atoms. The van der Waals surface area contributed by atoms with Gasteiger partial charge in [0, 0.05) is 5.69 Å². The second kappa shape index (κ2) is 5.60. The molecule has 1 aliphatic rings. The van der Waals surface area contributed by atoms with E-state index in [1.807, 2.05) is 56.3 Å². The van der Waals surface area contributed by atoms with Crippen LogP contribution in [0, 0.1) is 6.92 Å². The second-order valence-electron chi connectivity index (χ2n) is 5.33. The van der Waals surface area contributed by atoms with Crippen molar-refractivity contribution in [1.82, 2.24) is 0 Å². The fraction of sp³-hybridized carbons (Fsp3) is 0.278. The van der Waals surface area contributed by atoms with Gasteiger partial charge in [-0.05, 0) is 43.0 Å². The van der Waals surface area contributed by atoms with E-state index in [0.29, 0.717) is 13.0 Å². The van der Waals surface area contributed by atoms with Gasteiger partial charge in [-0.15, -0.1) is 0 Å². The van der Waals surface area contributed by atoms with Crippen molar-refractivity contribution in [2.24, 2.45) is 0 Å². The standard InChI is InChI=1S/C18H19NO2/c1-3-21-16-10-5-4-8-13(16)11-15-14-9-6-7-12(2)17(14)19-18(15)20/h4-10,15H,3,11H2,1-2H3,(H,19,20)/t15-/m1/s1. The van der Waals surface area contributed by atoms with Crippen LogP contribution in [0.1, 0.15) is 29.5 Å². The number of carbonyl (C=O) groups excluding carboxylic acids is 1. The van der Waals surface area contributed by atoms with Crippen molar-refractivity contribution in [3.63, 3.8) is 0 Å². The number of ether oxygens (including phenoxy) is 1. The number of hydrogen-bond donors (Lipinski definition) is 1. The summed E-state index contributed by atoms with van der Waals surface area (Å²) in [6, 6.07) is 14.0. The highest BCUT2D eigenvalue weighted by atomic mass is 16.5. The molecule has 3 heteroatoms. The van der Waals surface area contributed by atoms with Gasteiger partial charge >= 0.3 is 0 Å². The van der Waals surface area contributed by atoms with Gasteiger partial charge in [-0.2, -0.15) is 0 Å². The first-order valence-electron chi connectivity index (χ1n) is 7.31. The molecular formula is C18H19NO2. The monoisotopic (exact) mass is 281 g/mol. The van der Waals surface area contributed by atoms with Crippen molar-refractivity contribution in [3.8, 4) is 5.75 Å². The van der Waals surface area contributed by atoms with Crippen LogP contribution in [-0.4, -0.2) is 12.5 Å². The molecule has 108 valence electrons. The van der Waals surface area contributed by atoms with Crippen molar-refractivity contribution < 1.29 is 9.53 Å². The number of carbonyl (C=O) groups is 1. The Balaban J connectivity index is 1.93. The highest BCUT2D eigenvalue weighted by molar-refractivity contribution is 6.03. The first-order chi connectivity index (χ1) is 10.2. The van der Waals surface area contributed by atoms with Crippen molar-refractivity contribution in [1.29, 1.82) is 0 Å². The smallest absolute Gasteiger partial charge is 0.232 e. The fourth-order valence-electron chi connectivity index (χ4n) is 2.89. The predicted octanol–water partition coefficient (Wildman–Crippen LogP) is 3.67. The molecule has 2 aromatic carbocycles. The number of rotatable bonds is 4. The predicted molar refractivity (Wildman–Crippen MR) is 83.9 cm³/mol. The molecule has 1 heterocycles. The molecule has 0 fully saturated rings. The maximum absolute atomic E-state index is 12.3. The Bertz CT molecular complexity index is 679. The summed E-state index contributed by atoms with van der Waals surface area (Å²) in [5, 5.41) is 3.01. The van der Waals surface area contributed by atoms with Crippen molar-refractivity contribution in [2.45, 2.75) is 26.2 Å². The van der Waals surface area contributed by atoms with Crippen molar-refractivity contribution >= 4 is 11.6 Å². The topological polar surface area (TPSA) is 38.3 Å². The molecule has 1 N–H and O–H groups in total. The number of aryl methyl sites for hydroxylation is 1. The van der Waals surface area contributed by atoms with Crippen molar-refractivity contribution in [2.75, 3.05) is 11.9 Å². The van der Waals surface area contributed by atoms with E-state index in [-0.39, 0.29) is 11.8 Å². The van der Waals surface area contributed by atoms with Crippen LogP contribution in [0.2, 0.25) is 0 Å². The molecule has 0 aromatic heterocycles. The lowest BCUT2D eigenvalue weighted by Gasteiger charge is -2.13. The number of para-hydroxylation sites is 2. The fourth-order valence-corrected chi connectivity index (χ4v) is 2.89. The Labute approximate surface area is 124 Å². The Morgan fingerprint density at radius 3 is 2.76 bits per heavy atom. The lowest BCUT2D eigenvalue weighted by Crippen LogP contribution is -2.14. The van der Waals surface area contributed by atoms with E-state index in [0.717, 1.165) is 28.1 Å². The molecule has 0 bridgehead atoms. The van der Waals surface area contributed by atoms with Gasteiger partial charge in [-0.25, -0.2) is 0 Å². The lowest BCUT2D eigenvalue weighted by molar-refractivity contribution is -0.117. The molecule has 0 aliphatic carbocycles. The van der Waals surface area contributed by atoms with Gasteiger partial charge < -0.3 is 10.1 Å². The van der Waals surface area contributed by atoms with E-state index in [1.165, 1.54) is 0 Å². The molecule has 1 amide bonds. The van der Waals surface area contributed by atoms with Crippen LogP contribution >= 0.6 is 0 Å². The van der Waals surface area contributed by atoms with Crippen LogP contribution in [0.3, 0.4) is 0 Å². The number of fused-ring (bicyclic) bond motifs is 1. The van der Waals surface area contributed by atoms with Crippen LogP contribution in [0.25, 0.3) is 0 Å². The first kappa shape index (κ1) is 13.7. The summed E-state index contributed by atoms with van der Waals surface area (Å²) >= 11 is 0. The average molecular weight is 281 g/mol. The molecular weight excluding hydrogens is 262 g/mol. The first-order valence-corrected chi connectivity index (χ1v) is 7.31. The van der Waals surface area contributed by atoms with Crippen LogP contribution < -0.4 is 10.1 Å². The number of nitrogens with one attached hydrogen (secondary N) is 1. The Kier molecular flexibility index (Phi) is 3.65. The summed E-state index contributed by atoms with van der Waals surface area (Å²) in [6.07, 6.45) is 0.665. The van der Waals surface area contributed by atoms with Gasteiger partial charge in [0.25, 0.3) is 0 Å². The SMILES string of the molecule is CCOc1ccccc1C[C@H]1C(=O)Nc2c(C)cccc21. The minimum absolute atomic E-state index is 0.0746. The van der Waals surface area contributed by atoms with Crippen LogP contribution in [0.15, 0.2) is 42.5 Å². The third kappa shape index (κ3) is 2.51. The number of anilines is 1. The van der Waals surface area contributed by atoms with E-state index < -0.39 is 0 Å². The number of amides is 1. The van der Waals surface area contributed by atoms with E-state index >= 15 is 0 Å². The molecule has 3 rings (SSSR count). The zero-order chi connectivity index (χ0) is 14.8. The van der Waals surface area contributed by atoms with Gasteiger partial charge in [0.05, 0.1) is 12.5 Å². The van der Waals surface area contributed by atoms with Crippen LogP contribution in [0.5, 0.6) is 5.75 Å². The summed E-state index contributed by atoms with van der Waals surface area (Å²) < 4.78 is 5.66. The summed E-state index contributed by atoms with van der Waals surface area (Å²) in [5.41, 5.74) is 4.25. The highest BCUT2D eigenvalue weighted by Gasteiger charge is 2.31. The van der Waals surface area contributed by atoms with Gasteiger partial charge in [-0.1, -0.05) is 36.4 Å². The quantitative estimate of drug-likeness (QED) is 0.928. The van der Waals surface area contributed by atoms with Gasteiger partial charge in [0.15, 0.2) is 0 Å². The molecule has 0 radical (unpaired) electrons. The summed E-state index contributed by atoms with van der Waals surface area (Å²) in [4.78, 5) is 12.3. The van der Waals surface area contributed by atoms with Crippen molar-refractivity contribution in [3.05, 3.63) is 59.2 Å². The van der Waals surface area contributed by atoms with Gasteiger partial charge in [0.1, 0.15) is 5.75 Å². The molecule has 0 saturated carbocycles. The zero-order valence-corrected chi connectivity index (χ0v) is 12.3. The zero-order valence-electron chi connectivity index (χ0n) is 12.3. The van der Waals surface area contributed by atoms with E-state index in [4.69, 9.17) is 4.74 Å². The van der Waals surface area contributed by atoms with Gasteiger partial charge in [-0.3, -0.25) is 4.79 Å². The summed E-state index contributed by atoms with van der Waals surface area (Å²) in [6.45, 7) is 4.62. The average Bonchev–Trinajstić information content (AvgIpc) is 2.80.